The van der Waals surface area contributed by atoms with E-state index in [1.54, 1.807) is 19.1 Å². The van der Waals surface area contributed by atoms with Crippen molar-refractivity contribution in [1.29, 1.82) is 0 Å². The van der Waals surface area contributed by atoms with Crippen LogP contribution in [-0.4, -0.2) is 59.8 Å². The molecule has 172 valence electrons. The number of aryl methyl sites for hydroxylation is 1. The maximum atomic E-state index is 13.1. The summed E-state index contributed by atoms with van der Waals surface area (Å²) in [6.07, 6.45) is 3.04. The van der Waals surface area contributed by atoms with Crippen molar-refractivity contribution in [3.8, 4) is 16.9 Å². The Hall–Kier alpha value is -4.27. The van der Waals surface area contributed by atoms with Crippen LogP contribution in [0.25, 0.3) is 22.0 Å². The highest BCUT2D eigenvalue weighted by atomic mass is 16.5. The molecule has 34 heavy (non-hydrogen) atoms. The van der Waals surface area contributed by atoms with E-state index in [1.165, 1.54) is 24.4 Å². The smallest absolute Gasteiger partial charge is 0.295 e. The Morgan fingerprint density at radius 2 is 1.74 bits per heavy atom. The quantitative estimate of drug-likeness (QED) is 0.358. The van der Waals surface area contributed by atoms with E-state index in [-0.39, 0.29) is 18.7 Å². The van der Waals surface area contributed by atoms with E-state index >= 15 is 0 Å². The summed E-state index contributed by atoms with van der Waals surface area (Å²) in [5, 5.41) is 0.531. The molecule has 9 nitrogen and oxygen atoms in total. The van der Waals surface area contributed by atoms with Crippen LogP contribution in [0.2, 0.25) is 0 Å². The number of Topliss-reactive ketones (excluding diaryl/α,β-unsaturated/α-hetero) is 1. The van der Waals surface area contributed by atoms with Gasteiger partial charge in [-0.05, 0) is 12.5 Å². The molecule has 5 rings (SSSR count). The molecule has 1 N–H and O–H groups in total. The fraction of sp³-hybridized carbons (Fsp3) is 0.240. The second kappa shape index (κ2) is 8.26. The number of pyridine rings is 1. The molecule has 1 aliphatic rings. The van der Waals surface area contributed by atoms with Crippen LogP contribution in [0.4, 0.5) is 5.69 Å². The number of nitrogens with one attached hydrogen (secondary N) is 1. The summed E-state index contributed by atoms with van der Waals surface area (Å²) in [6, 6.07) is 9.07. The van der Waals surface area contributed by atoms with Crippen molar-refractivity contribution in [1.82, 2.24) is 14.9 Å². The molecule has 0 saturated carbocycles. The van der Waals surface area contributed by atoms with E-state index in [2.05, 4.69) is 9.97 Å². The molecule has 1 fully saturated rings. The molecule has 0 unspecified atom stereocenters. The van der Waals surface area contributed by atoms with Crippen molar-refractivity contribution in [2.45, 2.75) is 6.92 Å². The SMILES string of the molecule is COc1cnc(C)c2[nH]cc(C(=O)C(=O)N3CCN(c4c(-c5ccccc5)c(=O)c4=O)CC3)c12. The number of hydrogen-bond acceptors (Lipinski definition) is 7. The van der Waals surface area contributed by atoms with Gasteiger partial charge in [0.2, 0.25) is 10.9 Å². The van der Waals surface area contributed by atoms with Crippen LogP contribution in [0.15, 0.2) is 52.3 Å². The lowest BCUT2D eigenvalue weighted by Gasteiger charge is -2.36. The van der Waals surface area contributed by atoms with Crippen molar-refractivity contribution in [2.24, 2.45) is 0 Å². The third kappa shape index (κ3) is 3.28. The Kier molecular flexibility index (Phi) is 5.24. The third-order valence-electron chi connectivity index (χ3n) is 6.35. The molecular formula is C25H22N4O5. The van der Waals surface area contributed by atoms with E-state index in [0.29, 0.717) is 52.3 Å². The lowest BCUT2D eigenvalue weighted by atomic mass is 9.97. The van der Waals surface area contributed by atoms with Crippen LogP contribution in [-0.2, 0) is 4.79 Å². The number of rotatable bonds is 5. The first-order valence-corrected chi connectivity index (χ1v) is 10.9. The molecule has 4 aromatic rings. The van der Waals surface area contributed by atoms with Gasteiger partial charge < -0.3 is 19.5 Å². The van der Waals surface area contributed by atoms with E-state index < -0.39 is 22.5 Å². The number of aromatic nitrogens is 2. The number of nitrogens with zero attached hydrogens (tertiary/aromatic N) is 3. The molecule has 0 bridgehead atoms. The topological polar surface area (TPSA) is 113 Å². The highest BCUT2D eigenvalue weighted by molar-refractivity contribution is 6.45. The predicted octanol–water partition coefficient (Wildman–Crippen LogP) is 1.67. The molecule has 1 amide bonds. The second-order valence-corrected chi connectivity index (χ2v) is 8.22. The molecule has 9 heteroatoms. The van der Waals surface area contributed by atoms with Crippen LogP contribution in [0.1, 0.15) is 16.1 Å². The first-order chi connectivity index (χ1) is 16.4. The zero-order valence-corrected chi connectivity index (χ0v) is 18.8. The van der Waals surface area contributed by atoms with E-state index in [0.717, 1.165) is 0 Å². The summed E-state index contributed by atoms with van der Waals surface area (Å²) < 4.78 is 5.35. The lowest BCUT2D eigenvalue weighted by molar-refractivity contribution is -0.126. The van der Waals surface area contributed by atoms with Gasteiger partial charge in [0.05, 0.1) is 41.0 Å². The summed E-state index contributed by atoms with van der Waals surface area (Å²) in [5.74, 6) is -0.843. The number of H-pyrrole nitrogens is 1. The first kappa shape index (κ1) is 21.6. The van der Waals surface area contributed by atoms with E-state index in [4.69, 9.17) is 4.74 Å². The number of aromatic amines is 1. The minimum atomic E-state index is -0.636. The van der Waals surface area contributed by atoms with Crippen LogP contribution in [0.5, 0.6) is 5.75 Å². The molecular weight excluding hydrogens is 436 g/mol. The number of ketones is 1. The Bertz CT molecular complexity index is 1490. The number of hydrogen-bond donors (Lipinski definition) is 1. The molecule has 0 aliphatic carbocycles. The number of carbonyl (C=O) groups is 2. The van der Waals surface area contributed by atoms with E-state index in [1.807, 2.05) is 23.1 Å². The maximum Gasteiger partial charge on any atom is 0.295 e. The first-order valence-electron chi connectivity index (χ1n) is 10.9. The Labute approximate surface area is 194 Å². The maximum absolute atomic E-state index is 13.1. The van der Waals surface area contributed by atoms with Gasteiger partial charge in [-0.2, -0.15) is 0 Å². The number of piperazine rings is 1. The van der Waals surface area contributed by atoms with Gasteiger partial charge in [0.25, 0.3) is 11.7 Å². The third-order valence-corrected chi connectivity index (χ3v) is 6.35. The zero-order chi connectivity index (χ0) is 24.0. The number of carbonyl (C=O) groups excluding carboxylic acids is 2. The Morgan fingerprint density at radius 3 is 2.41 bits per heavy atom. The van der Waals surface area contributed by atoms with Crippen LogP contribution < -0.4 is 20.5 Å². The van der Waals surface area contributed by atoms with Crippen molar-refractivity contribution in [3.05, 3.63) is 74.4 Å². The van der Waals surface area contributed by atoms with Gasteiger partial charge in [-0.3, -0.25) is 24.2 Å². The number of fused-ring (bicyclic) bond motifs is 1. The molecule has 0 radical (unpaired) electrons. The Balaban J connectivity index is 1.35. The van der Waals surface area contributed by atoms with Crippen molar-refractivity contribution in [2.75, 3.05) is 38.2 Å². The van der Waals surface area contributed by atoms with Crippen molar-refractivity contribution >= 4 is 28.3 Å². The van der Waals surface area contributed by atoms with Gasteiger partial charge >= 0.3 is 0 Å². The summed E-state index contributed by atoms with van der Waals surface area (Å²) >= 11 is 0. The van der Waals surface area contributed by atoms with Gasteiger partial charge in [-0.1, -0.05) is 30.3 Å². The number of amides is 1. The second-order valence-electron chi connectivity index (χ2n) is 8.22. The summed E-state index contributed by atoms with van der Waals surface area (Å²) in [7, 11) is 1.49. The number of ether oxygens (including phenoxy) is 1. The van der Waals surface area contributed by atoms with Gasteiger partial charge in [-0.25, -0.2) is 0 Å². The monoisotopic (exact) mass is 458 g/mol. The minimum Gasteiger partial charge on any atom is -0.494 e. The average molecular weight is 458 g/mol. The molecule has 0 atom stereocenters. The molecule has 0 spiro atoms. The molecule has 2 aromatic heterocycles. The van der Waals surface area contributed by atoms with Crippen LogP contribution in [0.3, 0.4) is 0 Å². The fourth-order valence-corrected chi connectivity index (χ4v) is 4.53. The number of benzene rings is 1. The van der Waals surface area contributed by atoms with Gasteiger partial charge in [0.1, 0.15) is 11.4 Å². The normalized spacial score (nSPS) is 14.1. The average Bonchev–Trinajstić information content (AvgIpc) is 3.33. The minimum absolute atomic E-state index is 0.235. The molecule has 1 aliphatic heterocycles. The van der Waals surface area contributed by atoms with Gasteiger partial charge in [0.15, 0.2) is 0 Å². The zero-order valence-electron chi connectivity index (χ0n) is 18.8. The summed E-state index contributed by atoms with van der Waals surface area (Å²) in [6.45, 7) is 3.03. The van der Waals surface area contributed by atoms with Crippen LogP contribution in [0, 0.1) is 6.92 Å². The highest BCUT2D eigenvalue weighted by Gasteiger charge is 2.33. The Morgan fingerprint density at radius 1 is 1.03 bits per heavy atom. The standard InChI is InChI=1S/C25H22N4O5/c1-14-20-19(17(34-2)13-26-14)16(12-27-20)22(30)25(33)29-10-8-28(9-11-29)21-18(23(31)24(21)32)15-6-4-3-5-7-15/h3-7,12-13,27H,8-11H2,1-2H3. The molecule has 3 heterocycles. The van der Waals surface area contributed by atoms with Gasteiger partial charge in [0, 0.05) is 32.4 Å². The lowest BCUT2D eigenvalue weighted by Crippen LogP contribution is -2.54. The molecule has 2 aromatic carbocycles. The van der Waals surface area contributed by atoms with Gasteiger partial charge in [-0.15, -0.1) is 0 Å². The fourth-order valence-electron chi connectivity index (χ4n) is 4.53. The number of methoxy groups -OCH3 is 1. The molecule has 1 saturated heterocycles. The largest absolute Gasteiger partial charge is 0.494 e. The summed E-state index contributed by atoms with van der Waals surface area (Å²) in [5.41, 5.74) is 2.08. The summed E-state index contributed by atoms with van der Waals surface area (Å²) in [4.78, 5) is 61.3. The highest BCUT2D eigenvalue weighted by Crippen LogP contribution is 2.31. The predicted molar refractivity (Wildman–Crippen MR) is 127 cm³/mol. The van der Waals surface area contributed by atoms with Crippen molar-refractivity contribution < 1.29 is 14.3 Å². The van der Waals surface area contributed by atoms with Crippen molar-refractivity contribution in [3.63, 3.8) is 0 Å². The number of anilines is 1. The van der Waals surface area contributed by atoms with E-state index in [9.17, 15) is 19.2 Å². The van der Waals surface area contributed by atoms with Crippen LogP contribution >= 0.6 is 0 Å².